The Labute approximate surface area is 93.9 Å². The van der Waals surface area contributed by atoms with Crippen LogP contribution >= 0.6 is 0 Å². The minimum atomic E-state index is -0.525. The lowest BCUT2D eigenvalue weighted by Crippen LogP contribution is -1.96. The van der Waals surface area contributed by atoms with E-state index < -0.39 is 11.6 Å². The normalized spacial score (nSPS) is 10.2. The highest BCUT2D eigenvalue weighted by atomic mass is 19.1. The van der Waals surface area contributed by atoms with Crippen molar-refractivity contribution in [3.8, 4) is 0 Å². The van der Waals surface area contributed by atoms with Crippen LogP contribution in [0, 0.1) is 25.5 Å². The Morgan fingerprint density at radius 2 is 1.75 bits per heavy atom. The maximum absolute atomic E-state index is 13.6. The standard InChI is InChI=1S/C10H10F2N2.C2H6/c1-5-8(11)4-7-6(2)13-14(3)10(7)9(5)12;1-2/h4H,1-3H3;1-2H3. The van der Waals surface area contributed by atoms with Gasteiger partial charge in [0.25, 0.3) is 0 Å². The Morgan fingerprint density at radius 1 is 1.19 bits per heavy atom. The molecule has 0 radical (unpaired) electrons. The van der Waals surface area contributed by atoms with Crippen LogP contribution in [-0.2, 0) is 7.05 Å². The minimum Gasteiger partial charge on any atom is -0.265 e. The highest BCUT2D eigenvalue weighted by Crippen LogP contribution is 2.25. The number of aryl methyl sites for hydroxylation is 2. The first-order valence-corrected chi connectivity index (χ1v) is 5.30. The first kappa shape index (κ1) is 12.6. The lowest BCUT2D eigenvalue weighted by atomic mass is 10.1. The molecule has 88 valence electrons. The highest BCUT2D eigenvalue weighted by molar-refractivity contribution is 5.83. The number of rotatable bonds is 0. The largest absolute Gasteiger partial charge is 0.265 e. The summed E-state index contributed by atoms with van der Waals surface area (Å²) in [6, 6.07) is 1.33. The van der Waals surface area contributed by atoms with Crippen molar-refractivity contribution in [2.24, 2.45) is 7.05 Å². The molecule has 2 rings (SSSR count). The van der Waals surface area contributed by atoms with Crippen molar-refractivity contribution < 1.29 is 8.78 Å². The molecule has 0 saturated carbocycles. The van der Waals surface area contributed by atoms with E-state index in [4.69, 9.17) is 0 Å². The Balaban J connectivity index is 0.000000606. The molecule has 2 nitrogen and oxygen atoms in total. The Kier molecular flexibility index (Phi) is 3.62. The van der Waals surface area contributed by atoms with E-state index in [1.54, 1.807) is 14.0 Å². The van der Waals surface area contributed by atoms with E-state index in [-0.39, 0.29) is 5.56 Å². The Bertz CT molecular complexity index is 515. The van der Waals surface area contributed by atoms with Crippen molar-refractivity contribution in [3.05, 3.63) is 29.0 Å². The van der Waals surface area contributed by atoms with Gasteiger partial charge in [-0.25, -0.2) is 8.78 Å². The first-order chi connectivity index (χ1) is 7.52. The second kappa shape index (κ2) is 4.60. The molecule has 0 amide bonds. The molecule has 16 heavy (non-hydrogen) atoms. The van der Waals surface area contributed by atoms with Gasteiger partial charge in [0, 0.05) is 18.0 Å². The van der Waals surface area contributed by atoms with E-state index in [2.05, 4.69) is 5.10 Å². The molecule has 0 N–H and O–H groups in total. The number of hydrogen-bond donors (Lipinski definition) is 0. The zero-order valence-electron chi connectivity index (χ0n) is 10.2. The molecule has 1 aromatic carbocycles. The molecule has 0 fully saturated rings. The summed E-state index contributed by atoms with van der Waals surface area (Å²) in [4.78, 5) is 0. The molecule has 1 heterocycles. The third-order valence-electron chi connectivity index (χ3n) is 2.43. The van der Waals surface area contributed by atoms with Crippen LogP contribution in [0.5, 0.6) is 0 Å². The smallest absolute Gasteiger partial charge is 0.154 e. The third-order valence-corrected chi connectivity index (χ3v) is 2.43. The monoisotopic (exact) mass is 226 g/mol. The predicted molar refractivity (Wildman–Crippen MR) is 61.5 cm³/mol. The average molecular weight is 226 g/mol. The maximum atomic E-state index is 13.6. The molecule has 0 aliphatic heterocycles. The summed E-state index contributed by atoms with van der Waals surface area (Å²) in [7, 11) is 1.65. The Morgan fingerprint density at radius 3 is 2.31 bits per heavy atom. The molecule has 2 aromatic rings. The minimum absolute atomic E-state index is 0.0421. The van der Waals surface area contributed by atoms with Gasteiger partial charge >= 0.3 is 0 Å². The fourth-order valence-corrected chi connectivity index (χ4v) is 1.63. The number of benzene rings is 1. The van der Waals surface area contributed by atoms with Crippen molar-refractivity contribution in [1.82, 2.24) is 9.78 Å². The quantitative estimate of drug-likeness (QED) is 0.672. The first-order valence-electron chi connectivity index (χ1n) is 5.30. The van der Waals surface area contributed by atoms with Crippen LogP contribution in [0.4, 0.5) is 8.78 Å². The topological polar surface area (TPSA) is 17.8 Å². The second-order valence-corrected chi connectivity index (χ2v) is 3.40. The van der Waals surface area contributed by atoms with Crippen molar-refractivity contribution in [2.45, 2.75) is 27.7 Å². The van der Waals surface area contributed by atoms with Gasteiger partial charge in [-0.1, -0.05) is 13.8 Å². The number of halogens is 2. The molecule has 0 saturated heterocycles. The van der Waals surface area contributed by atoms with Crippen LogP contribution in [0.1, 0.15) is 25.1 Å². The molecule has 4 heteroatoms. The molecule has 0 bridgehead atoms. The maximum Gasteiger partial charge on any atom is 0.154 e. The fourth-order valence-electron chi connectivity index (χ4n) is 1.63. The van der Waals surface area contributed by atoms with Gasteiger partial charge in [-0.2, -0.15) is 5.10 Å². The van der Waals surface area contributed by atoms with E-state index in [1.807, 2.05) is 13.8 Å². The molecule has 0 spiro atoms. The highest BCUT2D eigenvalue weighted by Gasteiger charge is 2.15. The summed E-state index contributed by atoms with van der Waals surface area (Å²) >= 11 is 0. The van der Waals surface area contributed by atoms with Gasteiger partial charge in [-0.05, 0) is 19.9 Å². The number of nitrogens with zero attached hydrogens (tertiary/aromatic N) is 2. The molecule has 0 unspecified atom stereocenters. The Hall–Kier alpha value is -1.45. The van der Waals surface area contributed by atoms with Gasteiger partial charge in [0.15, 0.2) is 5.82 Å². The summed E-state index contributed by atoms with van der Waals surface area (Å²) in [6.45, 7) is 7.16. The van der Waals surface area contributed by atoms with Gasteiger partial charge in [-0.3, -0.25) is 4.68 Å². The van der Waals surface area contributed by atoms with Crippen LogP contribution in [0.2, 0.25) is 0 Å². The third kappa shape index (κ3) is 1.79. The lowest BCUT2D eigenvalue weighted by molar-refractivity contribution is 0.571. The summed E-state index contributed by atoms with van der Waals surface area (Å²) in [6.07, 6.45) is 0. The molecule has 0 aliphatic carbocycles. The predicted octanol–water partition coefficient (Wildman–Crippen LogP) is 3.49. The zero-order valence-corrected chi connectivity index (χ0v) is 10.2. The number of aromatic nitrogens is 2. The summed E-state index contributed by atoms with van der Waals surface area (Å²) in [5.41, 5.74) is 1.04. The van der Waals surface area contributed by atoms with Crippen LogP contribution in [0.3, 0.4) is 0 Å². The lowest BCUT2D eigenvalue weighted by Gasteiger charge is -2.01. The van der Waals surface area contributed by atoms with Crippen molar-refractivity contribution >= 4 is 10.9 Å². The van der Waals surface area contributed by atoms with Crippen LogP contribution in [0.15, 0.2) is 6.07 Å². The van der Waals surface area contributed by atoms with Crippen LogP contribution in [0.25, 0.3) is 10.9 Å². The SMILES string of the molecule is CC.Cc1c(F)cc2c(C)nn(C)c2c1F. The van der Waals surface area contributed by atoms with Gasteiger partial charge < -0.3 is 0 Å². The number of fused-ring (bicyclic) bond motifs is 1. The van der Waals surface area contributed by atoms with Crippen LogP contribution < -0.4 is 0 Å². The van der Waals surface area contributed by atoms with E-state index in [1.165, 1.54) is 17.7 Å². The van der Waals surface area contributed by atoms with E-state index >= 15 is 0 Å². The molecule has 1 aromatic heterocycles. The van der Waals surface area contributed by atoms with Gasteiger partial charge in [0.05, 0.1) is 5.69 Å². The zero-order chi connectivity index (χ0) is 12.5. The van der Waals surface area contributed by atoms with E-state index in [0.717, 1.165) is 0 Å². The summed E-state index contributed by atoms with van der Waals surface area (Å²) in [5.74, 6) is -1.05. The van der Waals surface area contributed by atoms with Crippen molar-refractivity contribution in [1.29, 1.82) is 0 Å². The molecular weight excluding hydrogens is 210 g/mol. The van der Waals surface area contributed by atoms with Crippen molar-refractivity contribution in [2.75, 3.05) is 0 Å². The average Bonchev–Trinajstić information content (AvgIpc) is 2.54. The van der Waals surface area contributed by atoms with Crippen molar-refractivity contribution in [3.63, 3.8) is 0 Å². The molecule has 0 aliphatic rings. The van der Waals surface area contributed by atoms with Gasteiger partial charge in [0.1, 0.15) is 11.3 Å². The summed E-state index contributed by atoms with van der Waals surface area (Å²) in [5, 5.41) is 4.58. The molecular formula is C12H16F2N2. The number of hydrogen-bond acceptors (Lipinski definition) is 1. The van der Waals surface area contributed by atoms with E-state index in [9.17, 15) is 8.78 Å². The second-order valence-electron chi connectivity index (χ2n) is 3.40. The van der Waals surface area contributed by atoms with Gasteiger partial charge in [0.2, 0.25) is 0 Å². The van der Waals surface area contributed by atoms with Crippen LogP contribution in [-0.4, -0.2) is 9.78 Å². The molecule has 0 atom stereocenters. The summed E-state index contributed by atoms with van der Waals surface area (Å²) < 4.78 is 28.3. The van der Waals surface area contributed by atoms with Gasteiger partial charge in [-0.15, -0.1) is 0 Å². The van der Waals surface area contributed by atoms with E-state index in [0.29, 0.717) is 16.6 Å². The fraction of sp³-hybridized carbons (Fsp3) is 0.417.